The number of ketones is 2. The lowest BCUT2D eigenvalue weighted by atomic mass is 9.93. The van der Waals surface area contributed by atoms with Crippen molar-refractivity contribution in [2.75, 3.05) is 27.4 Å². The van der Waals surface area contributed by atoms with Crippen LogP contribution in [0.3, 0.4) is 0 Å². The van der Waals surface area contributed by atoms with E-state index in [1.54, 1.807) is 31.4 Å². The van der Waals surface area contributed by atoms with Crippen molar-refractivity contribution in [3.05, 3.63) is 47.5 Å². The number of fused-ring (bicyclic) bond motifs is 1. The van der Waals surface area contributed by atoms with Crippen LogP contribution in [0.1, 0.15) is 47.4 Å². The SMILES string of the molecule is CCC(CO)C(=O)c1ccc(OC)cc1O.CCC1COc2cc(OC)ccc2C1=O. The number of phenols is 1. The lowest BCUT2D eigenvalue weighted by Gasteiger charge is -2.23. The molecule has 1 aliphatic rings. The Morgan fingerprint density at radius 2 is 1.77 bits per heavy atom. The summed E-state index contributed by atoms with van der Waals surface area (Å²) in [5.74, 6) is 1.22. The molecule has 0 fully saturated rings. The van der Waals surface area contributed by atoms with Crippen LogP contribution in [-0.2, 0) is 0 Å². The maximum Gasteiger partial charge on any atom is 0.173 e. The van der Waals surface area contributed by atoms with Gasteiger partial charge in [0.05, 0.1) is 44.5 Å². The minimum atomic E-state index is -0.459. The van der Waals surface area contributed by atoms with E-state index in [2.05, 4.69) is 0 Å². The quantitative estimate of drug-likeness (QED) is 0.642. The van der Waals surface area contributed by atoms with Crippen LogP contribution in [0, 0.1) is 11.8 Å². The molecule has 0 aliphatic carbocycles. The highest BCUT2D eigenvalue weighted by molar-refractivity contribution is 6.01. The summed E-state index contributed by atoms with van der Waals surface area (Å²) in [7, 11) is 3.08. The molecule has 1 aliphatic heterocycles. The van der Waals surface area contributed by atoms with Crippen molar-refractivity contribution in [3.8, 4) is 23.0 Å². The van der Waals surface area contributed by atoms with Gasteiger partial charge in [0.2, 0.25) is 0 Å². The summed E-state index contributed by atoms with van der Waals surface area (Å²) in [6.45, 7) is 4.09. The molecule has 0 bridgehead atoms. The van der Waals surface area contributed by atoms with E-state index >= 15 is 0 Å². The highest BCUT2D eigenvalue weighted by Crippen LogP contribution is 2.31. The molecule has 7 nitrogen and oxygen atoms in total. The minimum Gasteiger partial charge on any atom is -0.507 e. The van der Waals surface area contributed by atoms with Crippen LogP contribution in [-0.4, -0.2) is 49.2 Å². The summed E-state index contributed by atoms with van der Waals surface area (Å²) in [5, 5.41) is 18.7. The fraction of sp³-hybridized carbons (Fsp3) is 0.417. The third kappa shape index (κ3) is 5.76. The second-order valence-electron chi connectivity index (χ2n) is 7.18. The molecule has 1 heterocycles. The Kier molecular flexibility index (Phi) is 8.88. The number of hydrogen-bond donors (Lipinski definition) is 2. The maximum absolute atomic E-state index is 11.9. The molecule has 31 heavy (non-hydrogen) atoms. The van der Waals surface area contributed by atoms with Crippen LogP contribution in [0.15, 0.2) is 36.4 Å². The molecule has 2 N–H and O–H groups in total. The first-order valence-electron chi connectivity index (χ1n) is 10.3. The second kappa shape index (κ2) is 11.4. The fourth-order valence-electron chi connectivity index (χ4n) is 3.21. The molecule has 0 aromatic heterocycles. The monoisotopic (exact) mass is 430 g/mol. The lowest BCUT2D eigenvalue weighted by molar-refractivity contribution is 0.0823. The van der Waals surface area contributed by atoms with E-state index < -0.39 is 5.92 Å². The van der Waals surface area contributed by atoms with Crippen molar-refractivity contribution >= 4 is 11.6 Å². The van der Waals surface area contributed by atoms with Gasteiger partial charge in [0, 0.05) is 18.1 Å². The summed E-state index contributed by atoms with van der Waals surface area (Å²) >= 11 is 0. The van der Waals surface area contributed by atoms with Crippen LogP contribution in [0.5, 0.6) is 23.0 Å². The highest BCUT2D eigenvalue weighted by Gasteiger charge is 2.27. The maximum atomic E-state index is 11.9. The third-order valence-corrected chi connectivity index (χ3v) is 5.31. The molecule has 3 rings (SSSR count). The standard InChI is InChI=1S/C12H16O4.C12H14O3/c1-3-8(7-13)12(15)10-5-4-9(16-2)6-11(10)14;1-3-8-7-15-11-6-9(14-2)4-5-10(11)12(8)13/h4-6,8,13-14H,3,7H2,1-2H3;4-6,8H,3,7H2,1-2H3. The van der Waals surface area contributed by atoms with Crippen LogP contribution in [0.4, 0.5) is 0 Å². The molecule has 7 heteroatoms. The van der Waals surface area contributed by atoms with E-state index in [0.717, 1.165) is 12.2 Å². The number of hydrogen-bond acceptors (Lipinski definition) is 7. The van der Waals surface area contributed by atoms with Crippen molar-refractivity contribution in [1.29, 1.82) is 0 Å². The Morgan fingerprint density at radius 1 is 1.13 bits per heavy atom. The van der Waals surface area contributed by atoms with Gasteiger partial charge in [0.15, 0.2) is 11.6 Å². The zero-order valence-electron chi connectivity index (χ0n) is 18.4. The van der Waals surface area contributed by atoms with Crippen molar-refractivity contribution in [1.82, 2.24) is 0 Å². The first-order chi connectivity index (χ1) is 14.9. The number of carbonyl (C=O) groups is 2. The van der Waals surface area contributed by atoms with Crippen molar-refractivity contribution in [2.45, 2.75) is 26.7 Å². The van der Waals surface area contributed by atoms with Crippen LogP contribution in [0.25, 0.3) is 0 Å². The number of carbonyl (C=O) groups excluding carboxylic acids is 2. The van der Waals surface area contributed by atoms with E-state index in [1.807, 2.05) is 13.8 Å². The van der Waals surface area contributed by atoms with Gasteiger partial charge in [-0.15, -0.1) is 0 Å². The summed E-state index contributed by atoms with van der Waals surface area (Å²) in [5.41, 5.74) is 0.899. The van der Waals surface area contributed by atoms with E-state index in [0.29, 0.717) is 30.1 Å². The van der Waals surface area contributed by atoms with E-state index in [1.165, 1.54) is 19.2 Å². The summed E-state index contributed by atoms with van der Waals surface area (Å²) in [6.07, 6.45) is 1.37. The summed E-state index contributed by atoms with van der Waals surface area (Å²) < 4.78 is 15.5. The molecule has 2 aromatic rings. The number of phenolic OH excluding ortho intramolecular Hbond substituents is 1. The van der Waals surface area contributed by atoms with E-state index in [4.69, 9.17) is 19.3 Å². The van der Waals surface area contributed by atoms with Crippen molar-refractivity contribution in [2.24, 2.45) is 11.8 Å². The normalized spacial score (nSPS) is 15.6. The lowest BCUT2D eigenvalue weighted by Crippen LogP contribution is -2.27. The first kappa shape index (κ1) is 24.2. The van der Waals surface area contributed by atoms with Gasteiger partial charge < -0.3 is 24.4 Å². The van der Waals surface area contributed by atoms with Gasteiger partial charge in [-0.1, -0.05) is 13.8 Å². The fourth-order valence-corrected chi connectivity index (χ4v) is 3.21. The van der Waals surface area contributed by atoms with Crippen LogP contribution >= 0.6 is 0 Å². The number of benzene rings is 2. The molecule has 0 radical (unpaired) electrons. The zero-order chi connectivity index (χ0) is 23.0. The van der Waals surface area contributed by atoms with E-state index in [-0.39, 0.29) is 35.4 Å². The van der Waals surface area contributed by atoms with Gasteiger partial charge in [-0.3, -0.25) is 9.59 Å². The van der Waals surface area contributed by atoms with Gasteiger partial charge in [-0.2, -0.15) is 0 Å². The second-order valence-corrected chi connectivity index (χ2v) is 7.18. The molecule has 0 saturated heterocycles. The van der Waals surface area contributed by atoms with Crippen LogP contribution in [0.2, 0.25) is 0 Å². The van der Waals surface area contributed by atoms with Gasteiger partial charge >= 0.3 is 0 Å². The Bertz CT molecular complexity index is 903. The molecule has 2 aromatic carbocycles. The number of aliphatic hydroxyl groups is 1. The molecular weight excluding hydrogens is 400 g/mol. The number of ether oxygens (including phenoxy) is 3. The molecule has 168 valence electrons. The number of aromatic hydroxyl groups is 1. The Morgan fingerprint density at radius 3 is 2.32 bits per heavy atom. The zero-order valence-corrected chi connectivity index (χ0v) is 18.4. The number of methoxy groups -OCH3 is 2. The largest absolute Gasteiger partial charge is 0.507 e. The van der Waals surface area contributed by atoms with Gasteiger partial charge in [-0.05, 0) is 37.1 Å². The third-order valence-electron chi connectivity index (χ3n) is 5.31. The highest BCUT2D eigenvalue weighted by atomic mass is 16.5. The Labute approximate surface area is 182 Å². The summed E-state index contributed by atoms with van der Waals surface area (Å²) in [4.78, 5) is 23.8. The van der Waals surface area contributed by atoms with Crippen molar-refractivity contribution < 1.29 is 34.0 Å². The molecular formula is C24H30O7. The number of Topliss-reactive ketones (excluding diaryl/α,β-unsaturated/α-hetero) is 2. The van der Waals surface area contributed by atoms with Gasteiger partial charge in [-0.25, -0.2) is 0 Å². The summed E-state index contributed by atoms with van der Waals surface area (Å²) in [6, 6.07) is 9.83. The minimum absolute atomic E-state index is 0.00546. The molecule has 2 unspecified atom stereocenters. The van der Waals surface area contributed by atoms with Gasteiger partial charge in [0.25, 0.3) is 0 Å². The predicted octanol–water partition coefficient (Wildman–Crippen LogP) is 3.90. The number of aliphatic hydroxyl groups excluding tert-OH is 1. The average Bonchev–Trinajstić information content (AvgIpc) is 2.80. The first-order valence-corrected chi connectivity index (χ1v) is 10.3. The van der Waals surface area contributed by atoms with Crippen molar-refractivity contribution in [3.63, 3.8) is 0 Å². The molecule has 2 atom stereocenters. The van der Waals surface area contributed by atoms with Gasteiger partial charge in [0.1, 0.15) is 23.0 Å². The number of rotatable bonds is 7. The average molecular weight is 430 g/mol. The van der Waals surface area contributed by atoms with E-state index in [9.17, 15) is 14.7 Å². The molecule has 0 saturated carbocycles. The van der Waals surface area contributed by atoms with Crippen LogP contribution < -0.4 is 14.2 Å². The Hall–Kier alpha value is -3.06. The molecule has 0 spiro atoms. The molecule has 0 amide bonds. The smallest absolute Gasteiger partial charge is 0.173 e. The predicted molar refractivity (Wildman–Crippen MR) is 116 cm³/mol. The topological polar surface area (TPSA) is 102 Å². The Balaban J connectivity index is 0.000000220.